The Morgan fingerprint density at radius 1 is 0.957 bits per heavy atom. The van der Waals surface area contributed by atoms with E-state index in [0.29, 0.717) is 0 Å². The molecule has 0 saturated carbocycles. The minimum absolute atomic E-state index is 0.141. The summed E-state index contributed by atoms with van der Waals surface area (Å²) < 4.78 is 1.10. The van der Waals surface area contributed by atoms with Gasteiger partial charge in [0.2, 0.25) is 0 Å². The Morgan fingerprint density at radius 3 is 2.13 bits per heavy atom. The zero-order valence-electron chi connectivity index (χ0n) is 12.7. The molecule has 1 aliphatic heterocycles. The smallest absolute Gasteiger partial charge is 0.269 e. The summed E-state index contributed by atoms with van der Waals surface area (Å²) in [5.41, 5.74) is 2.51. The second-order valence-electron chi connectivity index (χ2n) is 5.66. The van der Waals surface area contributed by atoms with Gasteiger partial charge in [0.15, 0.2) is 0 Å². The first-order valence-corrected chi connectivity index (χ1v) is 8.37. The molecule has 1 fully saturated rings. The summed E-state index contributed by atoms with van der Waals surface area (Å²) in [6.45, 7) is 4.82. The standard InChI is InChI=1S/C17H18BrN3O2/c18-15-3-1-14(2-4-15)13-19-9-11-20(12-10-19)16-5-7-17(8-6-16)21(22)23/h1-8H,9-13H2. The van der Waals surface area contributed by atoms with Crippen LogP contribution in [0, 0.1) is 10.1 Å². The predicted molar refractivity (Wildman–Crippen MR) is 94.7 cm³/mol. The maximum absolute atomic E-state index is 10.7. The quantitative estimate of drug-likeness (QED) is 0.604. The highest BCUT2D eigenvalue weighted by Gasteiger charge is 2.18. The molecule has 0 aromatic heterocycles. The van der Waals surface area contributed by atoms with Gasteiger partial charge in [-0.15, -0.1) is 0 Å². The van der Waals surface area contributed by atoms with Gasteiger partial charge in [-0.05, 0) is 29.8 Å². The van der Waals surface area contributed by atoms with Crippen molar-refractivity contribution in [2.24, 2.45) is 0 Å². The maximum atomic E-state index is 10.7. The number of hydrogen-bond donors (Lipinski definition) is 0. The highest BCUT2D eigenvalue weighted by Crippen LogP contribution is 2.21. The van der Waals surface area contributed by atoms with Crippen LogP contribution in [-0.2, 0) is 6.54 Å². The molecule has 0 atom stereocenters. The fraction of sp³-hybridized carbons (Fsp3) is 0.294. The molecule has 1 heterocycles. The van der Waals surface area contributed by atoms with Crippen LogP contribution in [0.3, 0.4) is 0 Å². The van der Waals surface area contributed by atoms with Gasteiger partial charge in [-0.2, -0.15) is 0 Å². The zero-order chi connectivity index (χ0) is 16.2. The molecule has 120 valence electrons. The number of nitro benzene ring substituents is 1. The normalized spacial score (nSPS) is 15.6. The van der Waals surface area contributed by atoms with Crippen molar-refractivity contribution in [2.75, 3.05) is 31.1 Å². The van der Waals surface area contributed by atoms with Crippen molar-refractivity contribution < 1.29 is 4.92 Å². The second-order valence-corrected chi connectivity index (χ2v) is 6.58. The fourth-order valence-corrected chi connectivity index (χ4v) is 3.06. The Kier molecular flexibility index (Phi) is 4.93. The van der Waals surface area contributed by atoms with Crippen molar-refractivity contribution >= 4 is 27.3 Å². The number of non-ortho nitro benzene ring substituents is 1. The number of anilines is 1. The molecule has 0 amide bonds. The molecular weight excluding hydrogens is 358 g/mol. The molecule has 1 aliphatic rings. The SMILES string of the molecule is O=[N+]([O-])c1ccc(N2CCN(Cc3ccc(Br)cc3)CC2)cc1. The van der Waals surface area contributed by atoms with Crippen LogP contribution in [0.15, 0.2) is 53.0 Å². The maximum Gasteiger partial charge on any atom is 0.269 e. The van der Waals surface area contributed by atoms with E-state index in [-0.39, 0.29) is 10.6 Å². The van der Waals surface area contributed by atoms with Crippen LogP contribution in [0.5, 0.6) is 0 Å². The van der Waals surface area contributed by atoms with E-state index in [2.05, 4.69) is 50.0 Å². The molecule has 0 N–H and O–H groups in total. The molecular formula is C17H18BrN3O2. The van der Waals surface area contributed by atoms with E-state index in [1.165, 1.54) is 5.56 Å². The lowest BCUT2D eigenvalue weighted by Gasteiger charge is -2.36. The van der Waals surface area contributed by atoms with Gasteiger partial charge in [-0.3, -0.25) is 15.0 Å². The summed E-state index contributed by atoms with van der Waals surface area (Å²) in [4.78, 5) is 15.1. The van der Waals surface area contributed by atoms with Gasteiger partial charge < -0.3 is 4.90 Å². The predicted octanol–water partition coefficient (Wildman–Crippen LogP) is 3.68. The van der Waals surface area contributed by atoms with Crippen LogP contribution in [0.4, 0.5) is 11.4 Å². The summed E-state index contributed by atoms with van der Waals surface area (Å²) in [7, 11) is 0. The molecule has 0 aliphatic carbocycles. The van der Waals surface area contributed by atoms with E-state index in [4.69, 9.17) is 0 Å². The van der Waals surface area contributed by atoms with E-state index >= 15 is 0 Å². The van der Waals surface area contributed by atoms with Gasteiger partial charge in [-0.25, -0.2) is 0 Å². The van der Waals surface area contributed by atoms with Crippen LogP contribution >= 0.6 is 15.9 Å². The topological polar surface area (TPSA) is 49.6 Å². The highest BCUT2D eigenvalue weighted by molar-refractivity contribution is 9.10. The van der Waals surface area contributed by atoms with Gasteiger partial charge in [0, 0.05) is 55.0 Å². The Labute approximate surface area is 143 Å². The zero-order valence-corrected chi connectivity index (χ0v) is 14.3. The average molecular weight is 376 g/mol. The average Bonchev–Trinajstić information content (AvgIpc) is 2.58. The van der Waals surface area contributed by atoms with E-state index in [0.717, 1.165) is 42.9 Å². The Balaban J connectivity index is 1.55. The molecule has 0 bridgehead atoms. The van der Waals surface area contributed by atoms with Crippen LogP contribution in [-0.4, -0.2) is 36.0 Å². The molecule has 2 aromatic carbocycles. The number of nitrogens with zero attached hydrogens (tertiary/aromatic N) is 3. The molecule has 23 heavy (non-hydrogen) atoms. The molecule has 0 unspecified atom stereocenters. The van der Waals surface area contributed by atoms with E-state index in [1.807, 2.05) is 12.1 Å². The third-order valence-electron chi connectivity index (χ3n) is 4.12. The number of hydrogen-bond acceptors (Lipinski definition) is 4. The first kappa shape index (κ1) is 16.0. The van der Waals surface area contributed by atoms with Gasteiger partial charge in [0.05, 0.1) is 4.92 Å². The molecule has 6 heteroatoms. The molecule has 0 radical (unpaired) electrons. The van der Waals surface area contributed by atoms with Crippen LogP contribution < -0.4 is 4.90 Å². The lowest BCUT2D eigenvalue weighted by atomic mass is 10.2. The fourth-order valence-electron chi connectivity index (χ4n) is 2.80. The van der Waals surface area contributed by atoms with Gasteiger partial charge >= 0.3 is 0 Å². The molecule has 0 spiro atoms. The van der Waals surface area contributed by atoms with Crippen molar-refractivity contribution in [1.82, 2.24) is 4.90 Å². The summed E-state index contributed by atoms with van der Waals surface area (Å²) in [6, 6.07) is 15.3. The van der Waals surface area contributed by atoms with E-state index < -0.39 is 0 Å². The second kappa shape index (κ2) is 7.10. The van der Waals surface area contributed by atoms with Gasteiger partial charge in [0.25, 0.3) is 5.69 Å². The molecule has 3 rings (SSSR count). The van der Waals surface area contributed by atoms with Crippen LogP contribution in [0.1, 0.15) is 5.56 Å². The van der Waals surface area contributed by atoms with Crippen molar-refractivity contribution in [3.8, 4) is 0 Å². The van der Waals surface area contributed by atoms with Gasteiger partial charge in [0.1, 0.15) is 0 Å². The monoisotopic (exact) mass is 375 g/mol. The van der Waals surface area contributed by atoms with Crippen molar-refractivity contribution in [1.29, 1.82) is 0 Å². The largest absolute Gasteiger partial charge is 0.369 e. The molecule has 1 saturated heterocycles. The minimum Gasteiger partial charge on any atom is -0.369 e. The lowest BCUT2D eigenvalue weighted by Crippen LogP contribution is -2.45. The van der Waals surface area contributed by atoms with Crippen molar-refractivity contribution in [2.45, 2.75) is 6.54 Å². The van der Waals surface area contributed by atoms with Crippen LogP contribution in [0.25, 0.3) is 0 Å². The lowest BCUT2D eigenvalue weighted by molar-refractivity contribution is -0.384. The summed E-state index contributed by atoms with van der Waals surface area (Å²) in [6.07, 6.45) is 0. The number of piperazine rings is 1. The number of halogens is 1. The number of benzene rings is 2. The summed E-state index contributed by atoms with van der Waals surface area (Å²) in [5, 5.41) is 10.7. The van der Waals surface area contributed by atoms with Gasteiger partial charge in [-0.1, -0.05) is 28.1 Å². The third-order valence-corrected chi connectivity index (χ3v) is 4.65. The van der Waals surface area contributed by atoms with E-state index in [1.54, 1.807) is 12.1 Å². The summed E-state index contributed by atoms with van der Waals surface area (Å²) >= 11 is 3.46. The first-order valence-electron chi connectivity index (χ1n) is 7.58. The minimum atomic E-state index is -0.361. The third kappa shape index (κ3) is 4.09. The number of rotatable bonds is 4. The molecule has 2 aromatic rings. The summed E-state index contributed by atoms with van der Waals surface area (Å²) in [5.74, 6) is 0. The Bertz CT molecular complexity index is 665. The van der Waals surface area contributed by atoms with Crippen LogP contribution in [0.2, 0.25) is 0 Å². The highest BCUT2D eigenvalue weighted by atomic mass is 79.9. The first-order chi connectivity index (χ1) is 11.1. The Hall–Kier alpha value is -1.92. The number of nitro groups is 1. The van der Waals surface area contributed by atoms with E-state index in [9.17, 15) is 10.1 Å². The van der Waals surface area contributed by atoms with Crippen molar-refractivity contribution in [3.63, 3.8) is 0 Å². The van der Waals surface area contributed by atoms with Crippen molar-refractivity contribution in [3.05, 3.63) is 68.7 Å². The molecule has 5 nitrogen and oxygen atoms in total. The Morgan fingerprint density at radius 2 is 1.57 bits per heavy atom.